The van der Waals surface area contributed by atoms with Crippen LogP contribution in [0, 0.1) is 6.92 Å². The predicted molar refractivity (Wildman–Crippen MR) is 42.8 cm³/mol. The quantitative estimate of drug-likeness (QED) is 0.589. The minimum atomic E-state index is 0. The van der Waals surface area contributed by atoms with Crippen molar-refractivity contribution in [3.05, 3.63) is 24.2 Å². The zero-order valence-electron chi connectivity index (χ0n) is 5.93. The summed E-state index contributed by atoms with van der Waals surface area (Å²) in [4.78, 5) is 0. The molecule has 0 fully saturated rings. The van der Waals surface area contributed by atoms with E-state index >= 15 is 0 Å². The molecule has 0 aliphatic heterocycles. The molecule has 0 spiro atoms. The van der Waals surface area contributed by atoms with Crippen molar-refractivity contribution in [3.8, 4) is 0 Å². The van der Waals surface area contributed by atoms with Gasteiger partial charge in [0.05, 0.1) is 5.69 Å². The van der Waals surface area contributed by atoms with Crippen molar-refractivity contribution in [2.75, 3.05) is 0 Å². The smallest absolute Gasteiger partial charge is 0.177 e. The van der Waals surface area contributed by atoms with Gasteiger partial charge in [-0.2, -0.15) is 5.10 Å². The Balaban J connectivity index is 0.000000605. The van der Waals surface area contributed by atoms with Crippen LogP contribution < -0.4 is 0 Å². The van der Waals surface area contributed by atoms with E-state index in [1.165, 1.54) is 0 Å². The van der Waals surface area contributed by atoms with Gasteiger partial charge in [0.15, 0.2) is 5.65 Å². The predicted octanol–water partition coefficient (Wildman–Crippen LogP) is 0.855. The molecule has 0 radical (unpaired) electrons. The third-order valence-electron chi connectivity index (χ3n) is 1.30. The number of fused-ring (bicyclic) bond motifs is 1. The molecule has 0 saturated carbocycles. The fraction of sp³-hybridized carbons (Fsp3) is 0.167. The van der Waals surface area contributed by atoms with E-state index in [-0.39, 0.29) is 12.4 Å². The maximum Gasteiger partial charge on any atom is 0.177 e. The van der Waals surface area contributed by atoms with E-state index in [0.717, 1.165) is 11.3 Å². The fourth-order valence-electron chi connectivity index (χ4n) is 0.824. The summed E-state index contributed by atoms with van der Waals surface area (Å²) < 4.78 is 1.65. The van der Waals surface area contributed by atoms with Crippen LogP contribution in [0.1, 0.15) is 5.69 Å². The van der Waals surface area contributed by atoms with Gasteiger partial charge in [-0.05, 0) is 19.1 Å². The van der Waals surface area contributed by atoms with Crippen LogP contribution in [0.15, 0.2) is 18.5 Å². The number of hydrogen-bond acceptors (Lipinski definition) is 3. The molecule has 4 nitrogen and oxygen atoms in total. The Hall–Kier alpha value is -1.16. The maximum atomic E-state index is 4.13. The summed E-state index contributed by atoms with van der Waals surface area (Å²) >= 11 is 0. The molecular formula is C6H7ClN4. The van der Waals surface area contributed by atoms with Gasteiger partial charge in [0.1, 0.15) is 6.33 Å². The van der Waals surface area contributed by atoms with E-state index in [9.17, 15) is 0 Å². The van der Waals surface area contributed by atoms with E-state index in [4.69, 9.17) is 0 Å². The molecule has 2 heterocycles. The standard InChI is InChI=1S/C6H6N4.ClH/c1-5-2-3-6-8-7-4-10(6)9-5;/h2-4H,1H3;1H. The molecule has 5 heteroatoms. The van der Waals surface area contributed by atoms with Crippen LogP contribution in [-0.2, 0) is 0 Å². The van der Waals surface area contributed by atoms with Crippen molar-refractivity contribution in [3.63, 3.8) is 0 Å². The Labute approximate surface area is 69.7 Å². The molecule has 0 amide bonds. The van der Waals surface area contributed by atoms with Gasteiger partial charge in [0, 0.05) is 0 Å². The molecule has 2 aromatic heterocycles. The normalized spacial score (nSPS) is 9.55. The van der Waals surface area contributed by atoms with Crippen molar-refractivity contribution in [1.29, 1.82) is 0 Å². The lowest BCUT2D eigenvalue weighted by molar-refractivity contribution is 0.893. The van der Waals surface area contributed by atoms with Crippen LogP contribution in [0.25, 0.3) is 5.65 Å². The number of nitrogens with zero attached hydrogens (tertiary/aromatic N) is 4. The Morgan fingerprint density at radius 3 is 3.00 bits per heavy atom. The molecule has 0 aliphatic carbocycles. The Morgan fingerprint density at radius 1 is 1.36 bits per heavy atom. The van der Waals surface area contributed by atoms with E-state index < -0.39 is 0 Å². The minimum absolute atomic E-state index is 0. The van der Waals surface area contributed by atoms with Crippen LogP contribution in [0.2, 0.25) is 0 Å². The molecular weight excluding hydrogens is 164 g/mol. The van der Waals surface area contributed by atoms with E-state index in [0.29, 0.717) is 0 Å². The number of rotatable bonds is 0. The second-order valence-corrected chi connectivity index (χ2v) is 2.11. The summed E-state index contributed by atoms with van der Waals surface area (Å²) in [5, 5.41) is 11.6. The first-order valence-electron chi connectivity index (χ1n) is 3.00. The topological polar surface area (TPSA) is 43.1 Å². The molecule has 0 aliphatic rings. The van der Waals surface area contributed by atoms with E-state index in [1.807, 2.05) is 19.1 Å². The number of aryl methyl sites for hydroxylation is 1. The van der Waals surface area contributed by atoms with E-state index in [1.54, 1.807) is 10.8 Å². The third-order valence-corrected chi connectivity index (χ3v) is 1.30. The second-order valence-electron chi connectivity index (χ2n) is 2.11. The molecule has 2 rings (SSSR count). The highest BCUT2D eigenvalue weighted by molar-refractivity contribution is 5.85. The summed E-state index contributed by atoms with van der Waals surface area (Å²) in [6.45, 7) is 1.93. The lowest BCUT2D eigenvalue weighted by Gasteiger charge is -1.90. The number of hydrogen-bond donors (Lipinski definition) is 0. The summed E-state index contributed by atoms with van der Waals surface area (Å²) in [5.74, 6) is 0. The van der Waals surface area contributed by atoms with Gasteiger partial charge in [-0.3, -0.25) is 0 Å². The summed E-state index contributed by atoms with van der Waals surface area (Å²) in [6.07, 6.45) is 1.59. The van der Waals surface area contributed by atoms with Gasteiger partial charge >= 0.3 is 0 Å². The van der Waals surface area contributed by atoms with Crippen LogP contribution in [-0.4, -0.2) is 19.8 Å². The zero-order valence-corrected chi connectivity index (χ0v) is 6.75. The summed E-state index contributed by atoms with van der Waals surface area (Å²) in [7, 11) is 0. The van der Waals surface area contributed by atoms with Crippen molar-refractivity contribution >= 4 is 18.1 Å². The second kappa shape index (κ2) is 2.84. The fourth-order valence-corrected chi connectivity index (χ4v) is 0.824. The number of aromatic nitrogens is 4. The van der Waals surface area contributed by atoms with E-state index in [2.05, 4.69) is 15.3 Å². The molecule has 0 atom stereocenters. The lowest BCUT2D eigenvalue weighted by atomic mass is 10.4. The van der Waals surface area contributed by atoms with Crippen LogP contribution in [0.3, 0.4) is 0 Å². The first-order chi connectivity index (χ1) is 4.86. The highest BCUT2D eigenvalue weighted by atomic mass is 35.5. The van der Waals surface area contributed by atoms with Gasteiger partial charge in [-0.25, -0.2) is 4.52 Å². The number of halogens is 1. The Bertz CT molecular complexity index is 356. The van der Waals surface area contributed by atoms with Gasteiger partial charge in [0.25, 0.3) is 0 Å². The molecule has 0 N–H and O–H groups in total. The molecule has 0 aromatic carbocycles. The van der Waals surface area contributed by atoms with Gasteiger partial charge in [-0.1, -0.05) is 0 Å². The summed E-state index contributed by atoms with van der Waals surface area (Å²) in [5.41, 5.74) is 1.75. The Morgan fingerprint density at radius 2 is 2.18 bits per heavy atom. The highest BCUT2D eigenvalue weighted by Crippen LogP contribution is 1.96. The third kappa shape index (κ3) is 1.30. The van der Waals surface area contributed by atoms with Crippen LogP contribution in [0.4, 0.5) is 0 Å². The largest absolute Gasteiger partial charge is 0.200 e. The van der Waals surface area contributed by atoms with Crippen molar-refractivity contribution in [2.45, 2.75) is 6.92 Å². The molecule has 0 saturated heterocycles. The molecule has 0 bridgehead atoms. The monoisotopic (exact) mass is 170 g/mol. The summed E-state index contributed by atoms with van der Waals surface area (Å²) in [6, 6.07) is 3.79. The first kappa shape index (κ1) is 7.94. The molecule has 0 unspecified atom stereocenters. The molecule has 11 heavy (non-hydrogen) atoms. The first-order valence-corrected chi connectivity index (χ1v) is 3.00. The van der Waals surface area contributed by atoms with Crippen molar-refractivity contribution in [2.24, 2.45) is 0 Å². The minimum Gasteiger partial charge on any atom is -0.200 e. The van der Waals surface area contributed by atoms with Crippen molar-refractivity contribution in [1.82, 2.24) is 19.8 Å². The van der Waals surface area contributed by atoms with Crippen LogP contribution in [0.5, 0.6) is 0 Å². The van der Waals surface area contributed by atoms with Gasteiger partial charge in [0.2, 0.25) is 0 Å². The zero-order chi connectivity index (χ0) is 6.97. The SMILES string of the molecule is Cc1ccc2nncn2n1.Cl. The van der Waals surface area contributed by atoms with Crippen molar-refractivity contribution < 1.29 is 0 Å². The van der Waals surface area contributed by atoms with Crippen LogP contribution >= 0.6 is 12.4 Å². The van der Waals surface area contributed by atoms with Gasteiger partial charge in [-0.15, -0.1) is 22.6 Å². The maximum absolute atomic E-state index is 4.13. The molecule has 2 aromatic rings. The Kier molecular flexibility index (Phi) is 2.05. The average molecular weight is 171 g/mol. The lowest BCUT2D eigenvalue weighted by Crippen LogP contribution is -1.91. The molecule has 58 valence electrons. The average Bonchev–Trinajstić information content (AvgIpc) is 2.33. The highest BCUT2D eigenvalue weighted by Gasteiger charge is 1.92. The van der Waals surface area contributed by atoms with Gasteiger partial charge < -0.3 is 0 Å².